The number of hydrogen-bond acceptors (Lipinski definition) is 4. The van der Waals surface area contributed by atoms with Gasteiger partial charge in [0.2, 0.25) is 0 Å². The van der Waals surface area contributed by atoms with E-state index in [9.17, 15) is 9.90 Å². The van der Waals surface area contributed by atoms with Crippen molar-refractivity contribution in [1.29, 1.82) is 0 Å². The molecule has 1 aromatic rings. The third-order valence-electron chi connectivity index (χ3n) is 2.75. The normalized spacial score (nSPS) is 12.5. The van der Waals surface area contributed by atoms with Crippen LogP contribution in [0.2, 0.25) is 0 Å². The monoisotopic (exact) mass is 251 g/mol. The largest absolute Gasteiger partial charge is 0.497 e. The summed E-state index contributed by atoms with van der Waals surface area (Å²) in [7, 11) is 3.48. The number of ether oxygens (including phenoxy) is 1. The van der Waals surface area contributed by atoms with Crippen molar-refractivity contribution < 1.29 is 14.6 Å². The zero-order valence-corrected chi connectivity index (χ0v) is 11.2. The molecule has 0 heterocycles. The first-order chi connectivity index (χ1) is 8.52. The molecule has 1 N–H and O–H groups in total. The number of ketones is 1. The Balaban J connectivity index is 2.48. The highest BCUT2D eigenvalue weighted by Gasteiger charge is 2.10. The van der Waals surface area contributed by atoms with Gasteiger partial charge in [-0.3, -0.25) is 9.69 Å². The predicted molar refractivity (Wildman–Crippen MR) is 71.1 cm³/mol. The summed E-state index contributed by atoms with van der Waals surface area (Å²) >= 11 is 0. The van der Waals surface area contributed by atoms with Crippen LogP contribution in [0, 0.1) is 0 Å². The number of carbonyl (C=O) groups excluding carboxylic acids is 1. The van der Waals surface area contributed by atoms with Crippen LogP contribution in [0.3, 0.4) is 0 Å². The molecule has 0 saturated heterocycles. The van der Waals surface area contributed by atoms with Gasteiger partial charge < -0.3 is 9.84 Å². The highest BCUT2D eigenvalue weighted by atomic mass is 16.5. The Hall–Kier alpha value is -1.39. The van der Waals surface area contributed by atoms with Crippen LogP contribution in [-0.4, -0.2) is 49.1 Å². The maximum Gasteiger partial charge on any atom is 0.176 e. The third-order valence-corrected chi connectivity index (χ3v) is 2.75. The van der Waals surface area contributed by atoms with Crippen LogP contribution in [0.1, 0.15) is 23.7 Å². The van der Waals surface area contributed by atoms with Gasteiger partial charge in [0.25, 0.3) is 0 Å². The number of benzene rings is 1. The molecule has 100 valence electrons. The molecule has 0 saturated carbocycles. The van der Waals surface area contributed by atoms with Crippen molar-refractivity contribution >= 4 is 5.78 Å². The number of nitrogens with zero attached hydrogens (tertiary/aromatic N) is 1. The molecular formula is C14H21NO3. The van der Waals surface area contributed by atoms with Gasteiger partial charge in [-0.2, -0.15) is 0 Å². The Morgan fingerprint density at radius 2 is 2.00 bits per heavy atom. The van der Waals surface area contributed by atoms with Gasteiger partial charge in [0.1, 0.15) is 5.75 Å². The quantitative estimate of drug-likeness (QED) is 0.748. The van der Waals surface area contributed by atoms with Crippen molar-refractivity contribution in [3.05, 3.63) is 29.8 Å². The van der Waals surface area contributed by atoms with Gasteiger partial charge in [-0.1, -0.05) is 0 Å². The number of rotatable bonds is 7. The Morgan fingerprint density at radius 3 is 2.50 bits per heavy atom. The van der Waals surface area contributed by atoms with E-state index in [2.05, 4.69) is 0 Å². The maximum atomic E-state index is 12.0. The smallest absolute Gasteiger partial charge is 0.176 e. The Morgan fingerprint density at radius 1 is 1.39 bits per heavy atom. The minimum Gasteiger partial charge on any atom is -0.497 e. The van der Waals surface area contributed by atoms with Gasteiger partial charge in [-0.05, 0) is 44.7 Å². The molecule has 0 aliphatic heterocycles. The van der Waals surface area contributed by atoms with E-state index in [0.717, 1.165) is 5.75 Å². The number of methoxy groups -OCH3 is 1. The van der Waals surface area contributed by atoms with Gasteiger partial charge in [0.15, 0.2) is 5.78 Å². The van der Waals surface area contributed by atoms with Gasteiger partial charge in [-0.15, -0.1) is 0 Å². The van der Waals surface area contributed by atoms with E-state index >= 15 is 0 Å². The summed E-state index contributed by atoms with van der Waals surface area (Å²) in [5, 5.41) is 9.18. The molecule has 4 nitrogen and oxygen atoms in total. The van der Waals surface area contributed by atoms with Crippen molar-refractivity contribution in [2.45, 2.75) is 19.4 Å². The van der Waals surface area contributed by atoms with Crippen LogP contribution in [0.4, 0.5) is 0 Å². The average molecular weight is 251 g/mol. The predicted octanol–water partition coefficient (Wildman–Crippen LogP) is 1.58. The summed E-state index contributed by atoms with van der Waals surface area (Å²) in [4.78, 5) is 13.9. The summed E-state index contributed by atoms with van der Waals surface area (Å²) in [5.41, 5.74) is 0.680. The third kappa shape index (κ3) is 4.85. The lowest BCUT2D eigenvalue weighted by molar-refractivity contribution is 0.0931. The van der Waals surface area contributed by atoms with Gasteiger partial charge in [0, 0.05) is 12.1 Å². The molecule has 1 unspecified atom stereocenters. The molecule has 0 aliphatic rings. The number of Topliss-reactive ketones (excluding diaryl/α,β-unsaturated/α-hetero) is 1. The molecule has 0 amide bonds. The fourth-order valence-corrected chi connectivity index (χ4v) is 1.60. The molecule has 4 heteroatoms. The first-order valence-corrected chi connectivity index (χ1v) is 6.06. The molecule has 1 atom stereocenters. The second kappa shape index (κ2) is 7.13. The minimum atomic E-state index is -0.330. The molecule has 0 radical (unpaired) electrons. The second-order valence-corrected chi connectivity index (χ2v) is 4.53. The number of hydrogen-bond donors (Lipinski definition) is 1. The zero-order valence-electron chi connectivity index (χ0n) is 11.2. The van der Waals surface area contributed by atoms with Crippen LogP contribution in [0.5, 0.6) is 5.75 Å². The van der Waals surface area contributed by atoms with Crippen LogP contribution in [0.15, 0.2) is 24.3 Å². The summed E-state index contributed by atoms with van der Waals surface area (Å²) in [6, 6.07) is 7.10. The topological polar surface area (TPSA) is 49.8 Å². The van der Waals surface area contributed by atoms with E-state index in [1.165, 1.54) is 0 Å². The van der Waals surface area contributed by atoms with Crippen molar-refractivity contribution in [1.82, 2.24) is 4.90 Å². The van der Waals surface area contributed by atoms with Crippen LogP contribution in [0.25, 0.3) is 0 Å². The molecule has 18 heavy (non-hydrogen) atoms. The Kier molecular flexibility index (Phi) is 5.82. The van der Waals surface area contributed by atoms with E-state index in [1.807, 2.05) is 11.9 Å². The van der Waals surface area contributed by atoms with Crippen molar-refractivity contribution in [2.24, 2.45) is 0 Å². The first-order valence-electron chi connectivity index (χ1n) is 6.06. The maximum absolute atomic E-state index is 12.0. The highest BCUT2D eigenvalue weighted by molar-refractivity contribution is 5.97. The van der Waals surface area contributed by atoms with Crippen molar-refractivity contribution in [3.8, 4) is 5.75 Å². The Labute approximate surface area is 108 Å². The lowest BCUT2D eigenvalue weighted by atomic mass is 10.1. The summed E-state index contributed by atoms with van der Waals surface area (Å²) in [6.07, 6.45) is 0.343. The fourth-order valence-electron chi connectivity index (χ4n) is 1.60. The van der Waals surface area contributed by atoms with Crippen molar-refractivity contribution in [3.63, 3.8) is 0 Å². The number of likely N-dealkylation sites (N-methyl/N-ethyl adjacent to an activating group) is 1. The molecule has 0 aliphatic carbocycles. The number of aliphatic hydroxyl groups is 1. The lowest BCUT2D eigenvalue weighted by Crippen LogP contribution is -2.28. The van der Waals surface area contributed by atoms with E-state index in [0.29, 0.717) is 25.1 Å². The standard InChI is InChI=1S/C14H21NO3/c1-11(16)8-9-15(2)10-14(17)12-4-6-13(18-3)7-5-12/h4-7,11,16H,8-10H2,1-3H3. The first kappa shape index (κ1) is 14.7. The molecule has 0 bridgehead atoms. The molecule has 1 rings (SSSR count). The van der Waals surface area contributed by atoms with Crippen LogP contribution >= 0.6 is 0 Å². The second-order valence-electron chi connectivity index (χ2n) is 4.53. The zero-order chi connectivity index (χ0) is 13.5. The molecular weight excluding hydrogens is 230 g/mol. The summed E-state index contributed by atoms with van der Waals surface area (Å²) in [6.45, 7) is 2.82. The van der Waals surface area contributed by atoms with E-state index in [-0.39, 0.29) is 11.9 Å². The van der Waals surface area contributed by atoms with E-state index < -0.39 is 0 Å². The number of aliphatic hydroxyl groups excluding tert-OH is 1. The van der Waals surface area contributed by atoms with E-state index in [1.54, 1.807) is 38.3 Å². The van der Waals surface area contributed by atoms with Gasteiger partial charge in [-0.25, -0.2) is 0 Å². The SMILES string of the molecule is COc1ccc(C(=O)CN(C)CCC(C)O)cc1. The molecule has 0 aromatic heterocycles. The Bertz CT molecular complexity index is 373. The van der Waals surface area contributed by atoms with E-state index in [4.69, 9.17) is 4.74 Å². The van der Waals surface area contributed by atoms with Gasteiger partial charge in [0.05, 0.1) is 19.8 Å². The molecule has 0 fully saturated rings. The number of carbonyl (C=O) groups is 1. The summed E-state index contributed by atoms with van der Waals surface area (Å²) in [5.74, 6) is 0.819. The minimum absolute atomic E-state index is 0.0748. The highest BCUT2D eigenvalue weighted by Crippen LogP contribution is 2.12. The van der Waals surface area contributed by atoms with Gasteiger partial charge >= 0.3 is 0 Å². The fraction of sp³-hybridized carbons (Fsp3) is 0.500. The average Bonchev–Trinajstić information content (AvgIpc) is 2.36. The van der Waals surface area contributed by atoms with Crippen molar-refractivity contribution in [2.75, 3.05) is 27.2 Å². The lowest BCUT2D eigenvalue weighted by Gasteiger charge is -2.16. The van der Waals surface area contributed by atoms with Crippen LogP contribution < -0.4 is 4.74 Å². The van der Waals surface area contributed by atoms with Crippen LogP contribution in [-0.2, 0) is 0 Å². The summed E-state index contributed by atoms with van der Waals surface area (Å²) < 4.78 is 5.05. The molecule has 1 aromatic carbocycles. The molecule has 0 spiro atoms.